The number of likely N-dealkylation sites (tertiary alicyclic amines) is 1. The number of rotatable bonds is 4. The average Bonchev–Trinajstić information content (AvgIpc) is 3.11. The first-order chi connectivity index (χ1) is 12.7. The molecule has 26 heavy (non-hydrogen) atoms. The third-order valence-electron chi connectivity index (χ3n) is 5.75. The van der Waals surface area contributed by atoms with Gasteiger partial charge >= 0.3 is 0 Å². The zero-order chi connectivity index (χ0) is 17.7. The molecule has 0 bridgehead atoms. The predicted octanol–water partition coefficient (Wildman–Crippen LogP) is 1.66. The third kappa shape index (κ3) is 2.31. The van der Waals surface area contributed by atoms with Gasteiger partial charge in [0.15, 0.2) is 5.78 Å². The second-order valence-corrected chi connectivity index (χ2v) is 7.44. The summed E-state index contributed by atoms with van der Waals surface area (Å²) in [5.74, 6) is 0.303. The summed E-state index contributed by atoms with van der Waals surface area (Å²) in [6.45, 7) is 2.03. The number of nitrogens with one attached hydrogen (secondary N) is 1. The van der Waals surface area contributed by atoms with E-state index in [9.17, 15) is 10.1 Å². The van der Waals surface area contributed by atoms with Crippen molar-refractivity contribution in [1.29, 1.82) is 5.26 Å². The first-order valence-electron chi connectivity index (χ1n) is 9.04. The van der Waals surface area contributed by atoms with Crippen LogP contribution in [0.2, 0.25) is 0 Å². The van der Waals surface area contributed by atoms with Gasteiger partial charge in [0, 0.05) is 24.0 Å². The van der Waals surface area contributed by atoms with Crippen LogP contribution in [0.3, 0.4) is 0 Å². The summed E-state index contributed by atoms with van der Waals surface area (Å²) >= 11 is 0. The van der Waals surface area contributed by atoms with Crippen molar-refractivity contribution in [1.82, 2.24) is 29.7 Å². The third-order valence-corrected chi connectivity index (χ3v) is 5.75. The molecule has 3 aromatic heterocycles. The Balaban J connectivity index is 1.42. The summed E-state index contributed by atoms with van der Waals surface area (Å²) in [6, 6.07) is 4.21. The fourth-order valence-electron chi connectivity index (χ4n) is 4.05. The number of aromatic nitrogens is 5. The number of hydrogen-bond donors (Lipinski definition) is 1. The van der Waals surface area contributed by atoms with Crippen molar-refractivity contribution >= 4 is 22.3 Å². The molecule has 0 aromatic carbocycles. The van der Waals surface area contributed by atoms with Crippen LogP contribution >= 0.6 is 0 Å². The van der Waals surface area contributed by atoms with Crippen molar-refractivity contribution in [3.05, 3.63) is 24.3 Å². The molecular weight excluding hydrogens is 330 g/mol. The number of piperidine rings is 1. The number of nitrogens with zero attached hydrogens (tertiary/aromatic N) is 6. The van der Waals surface area contributed by atoms with Crippen molar-refractivity contribution in [3.63, 3.8) is 0 Å². The second kappa shape index (κ2) is 5.61. The van der Waals surface area contributed by atoms with Crippen molar-refractivity contribution in [3.8, 4) is 6.07 Å². The van der Waals surface area contributed by atoms with Crippen molar-refractivity contribution in [2.45, 2.75) is 31.6 Å². The number of hydrogen-bond acceptors (Lipinski definition) is 6. The highest BCUT2D eigenvalue weighted by molar-refractivity contribution is 5.93. The highest BCUT2D eigenvalue weighted by Crippen LogP contribution is 2.46. The molecule has 1 unspecified atom stereocenters. The molecule has 1 aliphatic heterocycles. The molecule has 1 aliphatic carbocycles. The Bertz CT molecular complexity index is 1040. The van der Waals surface area contributed by atoms with Crippen LogP contribution in [0.25, 0.3) is 16.6 Å². The maximum atomic E-state index is 12.5. The van der Waals surface area contributed by atoms with Gasteiger partial charge < -0.3 is 4.98 Å². The summed E-state index contributed by atoms with van der Waals surface area (Å²) in [5.41, 5.74) is 2.09. The minimum absolute atomic E-state index is 0.0747. The summed E-state index contributed by atoms with van der Waals surface area (Å²) in [5, 5.41) is 18.9. The molecule has 3 aromatic rings. The van der Waals surface area contributed by atoms with Gasteiger partial charge in [-0.25, -0.2) is 9.50 Å². The second-order valence-electron chi connectivity index (χ2n) is 7.44. The van der Waals surface area contributed by atoms with E-state index in [1.807, 2.05) is 12.3 Å². The molecule has 0 radical (unpaired) electrons. The molecule has 1 atom stereocenters. The lowest BCUT2D eigenvalue weighted by atomic mass is 9.92. The quantitative estimate of drug-likeness (QED) is 0.768. The fourth-order valence-corrected chi connectivity index (χ4v) is 4.05. The Labute approximate surface area is 149 Å². The van der Waals surface area contributed by atoms with E-state index in [0.29, 0.717) is 19.4 Å². The van der Waals surface area contributed by atoms with E-state index < -0.39 is 5.41 Å². The van der Waals surface area contributed by atoms with E-state index in [0.717, 1.165) is 48.2 Å². The molecule has 4 heterocycles. The monoisotopic (exact) mass is 349 g/mol. The van der Waals surface area contributed by atoms with Crippen LogP contribution < -0.4 is 0 Å². The van der Waals surface area contributed by atoms with Gasteiger partial charge in [-0.15, -0.1) is 5.10 Å². The Morgan fingerprint density at radius 2 is 2.35 bits per heavy atom. The van der Waals surface area contributed by atoms with E-state index in [1.165, 1.54) is 0 Å². The van der Waals surface area contributed by atoms with Gasteiger partial charge in [0.1, 0.15) is 22.9 Å². The molecule has 132 valence electrons. The van der Waals surface area contributed by atoms with Gasteiger partial charge in [0.05, 0.1) is 18.3 Å². The van der Waals surface area contributed by atoms with E-state index >= 15 is 0 Å². The summed E-state index contributed by atoms with van der Waals surface area (Å²) < 4.78 is 1.73. The van der Waals surface area contributed by atoms with Gasteiger partial charge in [-0.05, 0) is 38.3 Å². The van der Waals surface area contributed by atoms with Gasteiger partial charge in [0.25, 0.3) is 0 Å². The highest BCUT2D eigenvalue weighted by Gasteiger charge is 2.50. The normalized spacial score (nSPS) is 22.5. The summed E-state index contributed by atoms with van der Waals surface area (Å²) in [7, 11) is 0. The lowest BCUT2D eigenvalue weighted by molar-refractivity contribution is -0.123. The Morgan fingerprint density at radius 1 is 1.46 bits per heavy atom. The van der Waals surface area contributed by atoms with Gasteiger partial charge in [-0.3, -0.25) is 9.69 Å². The first kappa shape index (κ1) is 15.5. The van der Waals surface area contributed by atoms with E-state index in [-0.39, 0.29) is 11.7 Å². The highest BCUT2D eigenvalue weighted by atomic mass is 16.1. The van der Waals surface area contributed by atoms with E-state index in [1.54, 1.807) is 10.8 Å². The SMILES string of the molecule is N#CC1(C(=O)CN2CCCC(c3nnn4cnc5[nH]ccc5c34)C2)CC1. The number of fused-ring (bicyclic) bond motifs is 3. The fraction of sp³-hybridized carbons (Fsp3) is 0.500. The number of Topliss-reactive ketones (excluding diaryl/α,β-unsaturated/α-hetero) is 1. The summed E-state index contributed by atoms with van der Waals surface area (Å²) in [6.07, 6.45) is 7.02. The Kier molecular flexibility index (Phi) is 3.34. The summed E-state index contributed by atoms with van der Waals surface area (Å²) in [4.78, 5) is 22.1. The smallest absolute Gasteiger partial charge is 0.166 e. The lowest BCUT2D eigenvalue weighted by Gasteiger charge is -2.31. The van der Waals surface area contributed by atoms with Gasteiger partial charge in [0.2, 0.25) is 0 Å². The average molecular weight is 349 g/mol. The largest absolute Gasteiger partial charge is 0.346 e. The van der Waals surface area contributed by atoms with Crippen LogP contribution in [0, 0.1) is 16.7 Å². The number of H-pyrrole nitrogens is 1. The number of nitriles is 1. The standard InChI is InChI=1S/C18H19N7O/c19-10-18(4-5-18)14(26)9-24-7-1-2-12(8-24)15-16-13-3-6-20-17(13)21-11-25(16)23-22-15/h3,6,11-12,20H,1-2,4-5,7-9H2. The molecule has 8 nitrogen and oxygen atoms in total. The van der Waals surface area contributed by atoms with Gasteiger partial charge in [-0.2, -0.15) is 5.26 Å². The van der Waals surface area contributed by atoms with Crippen LogP contribution in [0.5, 0.6) is 0 Å². The topological polar surface area (TPSA) is 103 Å². The Morgan fingerprint density at radius 3 is 3.15 bits per heavy atom. The number of aromatic amines is 1. The molecular formula is C18H19N7O. The molecule has 2 aliphatic rings. The zero-order valence-corrected chi connectivity index (χ0v) is 14.4. The van der Waals surface area contributed by atoms with Gasteiger partial charge in [-0.1, -0.05) is 5.21 Å². The Hall–Kier alpha value is -2.79. The maximum Gasteiger partial charge on any atom is 0.166 e. The van der Waals surface area contributed by atoms with E-state index in [2.05, 4.69) is 31.2 Å². The molecule has 0 spiro atoms. The molecule has 1 saturated heterocycles. The van der Waals surface area contributed by atoms with Crippen LogP contribution in [0.1, 0.15) is 37.3 Å². The molecule has 8 heteroatoms. The minimum Gasteiger partial charge on any atom is -0.346 e. The molecule has 1 N–H and O–H groups in total. The van der Waals surface area contributed by atoms with Crippen LogP contribution in [-0.4, -0.2) is 55.1 Å². The first-order valence-corrected chi connectivity index (χ1v) is 9.04. The molecule has 1 saturated carbocycles. The minimum atomic E-state index is -0.696. The molecule has 0 amide bonds. The predicted molar refractivity (Wildman–Crippen MR) is 93.3 cm³/mol. The number of ketones is 1. The molecule has 5 rings (SSSR count). The van der Waals surface area contributed by atoms with Crippen molar-refractivity contribution < 1.29 is 4.79 Å². The molecule has 2 fully saturated rings. The van der Waals surface area contributed by atoms with Crippen LogP contribution in [-0.2, 0) is 4.79 Å². The lowest BCUT2D eigenvalue weighted by Crippen LogP contribution is -2.40. The number of carbonyl (C=O) groups is 1. The zero-order valence-electron chi connectivity index (χ0n) is 14.4. The maximum absolute atomic E-state index is 12.5. The van der Waals surface area contributed by atoms with Crippen LogP contribution in [0.15, 0.2) is 18.6 Å². The van der Waals surface area contributed by atoms with Crippen molar-refractivity contribution in [2.24, 2.45) is 5.41 Å². The van der Waals surface area contributed by atoms with E-state index in [4.69, 9.17) is 0 Å². The number of carbonyl (C=O) groups excluding carboxylic acids is 1. The van der Waals surface area contributed by atoms with Crippen LogP contribution in [0.4, 0.5) is 0 Å². The van der Waals surface area contributed by atoms with Crippen molar-refractivity contribution in [2.75, 3.05) is 19.6 Å².